The van der Waals surface area contributed by atoms with Gasteiger partial charge in [-0.2, -0.15) is 0 Å². The molecule has 11 heavy (non-hydrogen) atoms. The molecule has 1 aliphatic rings. The molecule has 0 spiro atoms. The Morgan fingerprint density at radius 1 is 1.45 bits per heavy atom. The Morgan fingerprint density at radius 2 is 2.27 bits per heavy atom. The van der Waals surface area contributed by atoms with E-state index in [1.54, 1.807) is 0 Å². The predicted molar refractivity (Wildman–Crippen MR) is 50.6 cm³/mol. The van der Waals surface area contributed by atoms with Crippen LogP contribution in [0.1, 0.15) is 5.56 Å². The first-order valence-corrected chi connectivity index (χ1v) is 4.15. The van der Waals surface area contributed by atoms with Gasteiger partial charge in [0, 0.05) is 5.69 Å². The van der Waals surface area contributed by atoms with Gasteiger partial charge in [-0.3, -0.25) is 0 Å². The van der Waals surface area contributed by atoms with Crippen molar-refractivity contribution in [3.8, 4) is 0 Å². The molecule has 0 fully saturated rings. The maximum atomic E-state index is 5.68. The maximum absolute atomic E-state index is 5.68. The largest absolute Gasteiger partial charge is 0.399 e. The summed E-state index contributed by atoms with van der Waals surface area (Å²) in [4.78, 5) is 0. The van der Waals surface area contributed by atoms with Gasteiger partial charge >= 0.3 is 0 Å². The van der Waals surface area contributed by atoms with E-state index in [-0.39, 0.29) is 0 Å². The van der Waals surface area contributed by atoms with E-state index in [9.17, 15) is 0 Å². The molecule has 0 amide bonds. The summed E-state index contributed by atoms with van der Waals surface area (Å²) in [6.45, 7) is 3.02. The molecule has 0 aliphatic carbocycles. The topological polar surface area (TPSA) is 26.0 Å². The minimum Gasteiger partial charge on any atom is -0.399 e. The van der Waals surface area contributed by atoms with Crippen molar-refractivity contribution in [1.29, 1.82) is 0 Å². The van der Waals surface area contributed by atoms with Crippen LogP contribution in [-0.2, 0) is 6.42 Å². The van der Waals surface area contributed by atoms with Crippen LogP contribution in [0.3, 0.4) is 0 Å². The smallest absolute Gasteiger partial charge is 0.173 e. The minimum absolute atomic E-state index is 0.741. The minimum atomic E-state index is 0.741. The van der Waals surface area contributed by atoms with Crippen molar-refractivity contribution in [2.75, 3.05) is 5.73 Å². The van der Waals surface area contributed by atoms with Crippen molar-refractivity contribution in [2.24, 2.45) is 0 Å². The third-order valence-corrected chi connectivity index (χ3v) is 2.54. The van der Waals surface area contributed by atoms with Crippen LogP contribution >= 0.6 is 0 Å². The predicted octanol–water partition coefficient (Wildman–Crippen LogP) is 1.16. The van der Waals surface area contributed by atoms with Crippen molar-refractivity contribution in [1.82, 2.24) is 0 Å². The summed E-state index contributed by atoms with van der Waals surface area (Å²) in [7, 11) is 0. The van der Waals surface area contributed by atoms with Gasteiger partial charge in [0.1, 0.15) is 0 Å². The van der Waals surface area contributed by atoms with Crippen LogP contribution in [0.4, 0.5) is 5.69 Å². The van der Waals surface area contributed by atoms with Gasteiger partial charge in [0.2, 0.25) is 0 Å². The zero-order valence-electron chi connectivity index (χ0n) is 6.80. The summed E-state index contributed by atoms with van der Waals surface area (Å²) in [6, 6.07) is 6.28. The number of hydrogen-bond donors (Lipinski definition) is 1. The second-order valence-electron chi connectivity index (χ2n) is 3.40. The molecule has 0 radical (unpaired) electrons. The normalized spacial score (nSPS) is 15.2. The van der Waals surface area contributed by atoms with Crippen LogP contribution < -0.4 is 11.2 Å². The highest BCUT2D eigenvalue weighted by molar-refractivity contribution is 6.73. The number of nitrogens with two attached hydrogens (primary N) is 1. The average molecular weight is 145 g/mol. The lowest BCUT2D eigenvalue weighted by Crippen LogP contribution is -2.21. The molecule has 1 nitrogen and oxygen atoms in total. The van der Waals surface area contributed by atoms with Crippen LogP contribution in [-0.4, -0.2) is 6.71 Å². The summed E-state index contributed by atoms with van der Waals surface area (Å²) in [5.41, 5.74) is 9.53. The molecule has 0 saturated heterocycles. The van der Waals surface area contributed by atoms with Crippen molar-refractivity contribution >= 4 is 17.9 Å². The highest BCUT2D eigenvalue weighted by Crippen LogP contribution is 2.16. The zero-order valence-corrected chi connectivity index (χ0v) is 6.80. The molecule has 0 saturated carbocycles. The summed E-state index contributed by atoms with van der Waals surface area (Å²) in [6.07, 6.45) is 2.50. The fraction of sp³-hybridized carbons (Fsp3) is 0.333. The Bertz CT molecular complexity index is 283. The molecule has 2 N–H and O–H groups in total. The van der Waals surface area contributed by atoms with Crippen LogP contribution in [0.5, 0.6) is 0 Å². The number of benzene rings is 1. The molecule has 56 valence electrons. The molecule has 0 unspecified atom stereocenters. The summed E-state index contributed by atoms with van der Waals surface area (Å²) in [5, 5.41) is 0. The standard InChI is InChI=1S/C9H12BN/c1-10-5-4-7-6-8(11)2-3-9(7)10/h2-3,6H,4-5,11H2,1H3. The molecule has 2 rings (SSSR count). The SMILES string of the molecule is CB1CCc2cc(N)ccc21. The number of aryl methyl sites for hydroxylation is 1. The summed E-state index contributed by atoms with van der Waals surface area (Å²) >= 11 is 0. The van der Waals surface area contributed by atoms with Crippen molar-refractivity contribution in [3.63, 3.8) is 0 Å². The van der Waals surface area contributed by atoms with E-state index < -0.39 is 0 Å². The molecular weight excluding hydrogens is 133 g/mol. The second-order valence-corrected chi connectivity index (χ2v) is 3.40. The first kappa shape index (κ1) is 6.77. The number of fused-ring (bicyclic) bond motifs is 1. The van der Waals surface area contributed by atoms with E-state index in [1.807, 2.05) is 6.07 Å². The Labute approximate surface area is 67.7 Å². The number of hydrogen-bond acceptors (Lipinski definition) is 1. The van der Waals surface area contributed by atoms with Crippen molar-refractivity contribution in [2.45, 2.75) is 19.6 Å². The van der Waals surface area contributed by atoms with Gasteiger partial charge in [-0.1, -0.05) is 30.2 Å². The van der Waals surface area contributed by atoms with Gasteiger partial charge in [0.25, 0.3) is 0 Å². The molecule has 0 atom stereocenters. The maximum Gasteiger partial charge on any atom is 0.173 e. The van der Waals surface area contributed by atoms with E-state index in [1.165, 1.54) is 23.8 Å². The van der Waals surface area contributed by atoms with E-state index in [0.29, 0.717) is 0 Å². The first-order valence-electron chi connectivity index (χ1n) is 4.15. The van der Waals surface area contributed by atoms with E-state index in [4.69, 9.17) is 5.73 Å². The first-order chi connectivity index (χ1) is 5.27. The van der Waals surface area contributed by atoms with Gasteiger partial charge < -0.3 is 5.73 Å². The summed E-state index contributed by atoms with van der Waals surface area (Å²) < 4.78 is 0. The highest BCUT2D eigenvalue weighted by Gasteiger charge is 2.20. The monoisotopic (exact) mass is 145 g/mol. The Kier molecular flexibility index (Phi) is 1.41. The number of anilines is 1. The number of nitrogen functional groups attached to an aromatic ring is 1. The van der Waals surface area contributed by atoms with E-state index >= 15 is 0 Å². The number of rotatable bonds is 0. The fourth-order valence-electron chi connectivity index (χ4n) is 1.85. The third-order valence-electron chi connectivity index (χ3n) is 2.54. The average Bonchev–Trinajstić information content (AvgIpc) is 2.32. The molecule has 0 aromatic heterocycles. The fourth-order valence-corrected chi connectivity index (χ4v) is 1.85. The van der Waals surface area contributed by atoms with Crippen LogP contribution in [0.2, 0.25) is 13.1 Å². The lowest BCUT2D eigenvalue weighted by Gasteiger charge is -2.01. The van der Waals surface area contributed by atoms with Crippen molar-refractivity contribution < 1.29 is 0 Å². The Hall–Kier alpha value is -0.915. The van der Waals surface area contributed by atoms with Gasteiger partial charge in [-0.15, -0.1) is 0 Å². The van der Waals surface area contributed by atoms with Gasteiger partial charge in [0.15, 0.2) is 6.71 Å². The van der Waals surface area contributed by atoms with Crippen molar-refractivity contribution in [3.05, 3.63) is 23.8 Å². The molecule has 2 heteroatoms. The molecule has 1 aliphatic heterocycles. The lowest BCUT2D eigenvalue weighted by atomic mass is 9.48. The van der Waals surface area contributed by atoms with Crippen LogP contribution in [0.25, 0.3) is 0 Å². The highest BCUT2D eigenvalue weighted by atomic mass is 14.5. The van der Waals surface area contributed by atoms with Crippen LogP contribution in [0, 0.1) is 0 Å². The lowest BCUT2D eigenvalue weighted by molar-refractivity contribution is 1.17. The van der Waals surface area contributed by atoms with Gasteiger partial charge in [-0.25, -0.2) is 0 Å². The second kappa shape index (κ2) is 2.30. The Morgan fingerprint density at radius 3 is 3.09 bits per heavy atom. The van der Waals surface area contributed by atoms with Gasteiger partial charge in [0.05, 0.1) is 0 Å². The van der Waals surface area contributed by atoms with Crippen LogP contribution in [0.15, 0.2) is 18.2 Å². The Balaban J connectivity index is 2.50. The molecular formula is C9H12BN. The van der Waals surface area contributed by atoms with E-state index in [2.05, 4.69) is 19.0 Å². The third kappa shape index (κ3) is 1.03. The van der Waals surface area contributed by atoms with E-state index in [0.717, 1.165) is 12.4 Å². The summed E-state index contributed by atoms with van der Waals surface area (Å²) in [5.74, 6) is 0. The molecule has 1 aromatic rings. The quantitative estimate of drug-likeness (QED) is 0.430. The molecule has 1 aromatic carbocycles. The zero-order chi connectivity index (χ0) is 7.84. The van der Waals surface area contributed by atoms with Gasteiger partial charge in [-0.05, 0) is 18.6 Å². The molecule has 1 heterocycles. The molecule has 0 bridgehead atoms.